The number of rotatable bonds is 2. The average molecular weight is 238 g/mol. The van der Waals surface area contributed by atoms with E-state index in [0.717, 1.165) is 5.92 Å². The molecule has 0 amide bonds. The van der Waals surface area contributed by atoms with E-state index in [1.807, 2.05) is 0 Å². The Balaban J connectivity index is 2.17. The highest BCUT2D eigenvalue weighted by atomic mass is 16.4. The monoisotopic (exact) mass is 238 g/mol. The van der Waals surface area contributed by atoms with Gasteiger partial charge < -0.3 is 5.11 Å². The molecule has 0 aromatic heterocycles. The largest absolute Gasteiger partial charge is 0.481 e. The fraction of sp³-hybridized carbons (Fsp3) is 0.933. The van der Waals surface area contributed by atoms with Crippen LogP contribution in [0.5, 0.6) is 0 Å². The highest BCUT2D eigenvalue weighted by Crippen LogP contribution is 2.54. The Hall–Kier alpha value is -0.530. The van der Waals surface area contributed by atoms with E-state index in [4.69, 9.17) is 5.11 Å². The molecule has 2 aliphatic carbocycles. The second kappa shape index (κ2) is 4.62. The van der Waals surface area contributed by atoms with Gasteiger partial charge in [0.25, 0.3) is 0 Å². The van der Waals surface area contributed by atoms with Gasteiger partial charge in [-0.15, -0.1) is 0 Å². The molecular weight excluding hydrogens is 212 g/mol. The Kier molecular flexibility index (Phi) is 3.51. The lowest BCUT2D eigenvalue weighted by Crippen LogP contribution is -2.44. The van der Waals surface area contributed by atoms with Crippen molar-refractivity contribution in [2.75, 3.05) is 0 Å². The minimum atomic E-state index is -0.606. The summed E-state index contributed by atoms with van der Waals surface area (Å²) in [5, 5.41) is 9.10. The lowest BCUT2D eigenvalue weighted by atomic mass is 9.53. The predicted octanol–water partition coefficient (Wildman–Crippen LogP) is 3.95. The lowest BCUT2D eigenvalue weighted by Gasteiger charge is -2.52. The SMILES string of the molecule is CC1CCC2C(CCCC2(C)C)C1CC(=O)O. The van der Waals surface area contributed by atoms with E-state index < -0.39 is 5.97 Å². The normalized spacial score (nSPS) is 40.6. The van der Waals surface area contributed by atoms with E-state index in [1.165, 1.54) is 32.1 Å². The summed E-state index contributed by atoms with van der Waals surface area (Å²) in [5.74, 6) is 1.84. The van der Waals surface area contributed by atoms with Crippen LogP contribution < -0.4 is 0 Å². The highest BCUT2D eigenvalue weighted by Gasteiger charge is 2.46. The van der Waals surface area contributed by atoms with Crippen LogP contribution in [0.3, 0.4) is 0 Å². The zero-order valence-corrected chi connectivity index (χ0v) is 11.4. The molecule has 2 rings (SSSR count). The van der Waals surface area contributed by atoms with Crippen molar-refractivity contribution in [3.05, 3.63) is 0 Å². The highest BCUT2D eigenvalue weighted by molar-refractivity contribution is 5.67. The topological polar surface area (TPSA) is 37.3 Å². The summed E-state index contributed by atoms with van der Waals surface area (Å²) in [6.07, 6.45) is 6.80. The van der Waals surface area contributed by atoms with Gasteiger partial charge in [-0.05, 0) is 48.3 Å². The van der Waals surface area contributed by atoms with Crippen molar-refractivity contribution in [1.29, 1.82) is 0 Å². The number of aliphatic carboxylic acids is 1. The van der Waals surface area contributed by atoms with Gasteiger partial charge in [0.2, 0.25) is 0 Å². The molecule has 0 heterocycles. The quantitative estimate of drug-likeness (QED) is 0.791. The molecule has 0 aromatic carbocycles. The van der Waals surface area contributed by atoms with Crippen LogP contribution in [-0.4, -0.2) is 11.1 Å². The van der Waals surface area contributed by atoms with E-state index in [2.05, 4.69) is 20.8 Å². The fourth-order valence-electron chi connectivity index (χ4n) is 4.51. The first-order chi connectivity index (χ1) is 7.92. The Morgan fingerprint density at radius 2 is 2.00 bits per heavy atom. The Bertz CT molecular complexity index is 295. The standard InChI is InChI=1S/C15H26O2/c1-10-6-7-13-11(12(10)9-14(16)17)5-4-8-15(13,2)3/h10-13H,4-9H2,1-3H3,(H,16,17). The molecule has 1 N–H and O–H groups in total. The first-order valence-electron chi connectivity index (χ1n) is 7.13. The molecule has 0 spiro atoms. The molecule has 0 aliphatic heterocycles. The van der Waals surface area contributed by atoms with Crippen LogP contribution >= 0.6 is 0 Å². The zero-order valence-electron chi connectivity index (χ0n) is 11.4. The number of carbonyl (C=O) groups is 1. The molecule has 0 bridgehead atoms. The van der Waals surface area contributed by atoms with Gasteiger partial charge in [-0.25, -0.2) is 0 Å². The molecule has 2 saturated carbocycles. The summed E-state index contributed by atoms with van der Waals surface area (Å²) >= 11 is 0. The molecule has 2 aliphatic rings. The predicted molar refractivity (Wildman–Crippen MR) is 68.8 cm³/mol. The number of hydrogen-bond acceptors (Lipinski definition) is 1. The van der Waals surface area contributed by atoms with Gasteiger partial charge in [0, 0.05) is 6.42 Å². The lowest BCUT2D eigenvalue weighted by molar-refractivity contribution is -0.141. The van der Waals surface area contributed by atoms with E-state index in [9.17, 15) is 4.79 Å². The average Bonchev–Trinajstić information content (AvgIpc) is 2.21. The van der Waals surface area contributed by atoms with Crippen molar-refractivity contribution >= 4 is 5.97 Å². The van der Waals surface area contributed by atoms with E-state index >= 15 is 0 Å². The maximum atomic E-state index is 11.0. The van der Waals surface area contributed by atoms with Crippen LogP contribution in [0.15, 0.2) is 0 Å². The second-order valence-electron chi connectivity index (χ2n) is 6.97. The van der Waals surface area contributed by atoms with Gasteiger partial charge in [0.15, 0.2) is 0 Å². The fourth-order valence-corrected chi connectivity index (χ4v) is 4.51. The summed E-state index contributed by atoms with van der Waals surface area (Å²) in [7, 11) is 0. The maximum Gasteiger partial charge on any atom is 0.303 e. The van der Waals surface area contributed by atoms with Crippen LogP contribution in [0.1, 0.15) is 59.3 Å². The molecule has 17 heavy (non-hydrogen) atoms. The molecule has 0 radical (unpaired) electrons. The third-order valence-corrected chi connectivity index (χ3v) is 5.50. The molecule has 4 unspecified atom stereocenters. The van der Waals surface area contributed by atoms with Crippen LogP contribution in [-0.2, 0) is 4.79 Å². The van der Waals surface area contributed by atoms with Crippen molar-refractivity contribution in [3.63, 3.8) is 0 Å². The summed E-state index contributed by atoms with van der Waals surface area (Å²) in [5.41, 5.74) is 0.430. The van der Waals surface area contributed by atoms with Gasteiger partial charge >= 0.3 is 5.97 Å². The van der Waals surface area contributed by atoms with Crippen LogP contribution in [0.25, 0.3) is 0 Å². The van der Waals surface area contributed by atoms with Crippen molar-refractivity contribution < 1.29 is 9.90 Å². The van der Waals surface area contributed by atoms with Crippen LogP contribution in [0.2, 0.25) is 0 Å². The molecule has 0 saturated heterocycles. The minimum Gasteiger partial charge on any atom is -0.481 e. The molecule has 2 fully saturated rings. The molecule has 0 aromatic rings. The van der Waals surface area contributed by atoms with Crippen molar-refractivity contribution in [2.24, 2.45) is 29.1 Å². The first-order valence-corrected chi connectivity index (χ1v) is 7.13. The summed E-state index contributed by atoms with van der Waals surface area (Å²) in [6, 6.07) is 0. The van der Waals surface area contributed by atoms with Gasteiger partial charge in [0.05, 0.1) is 0 Å². The molecule has 98 valence electrons. The summed E-state index contributed by atoms with van der Waals surface area (Å²) in [6.45, 7) is 7.03. The summed E-state index contributed by atoms with van der Waals surface area (Å²) in [4.78, 5) is 11.0. The van der Waals surface area contributed by atoms with Crippen molar-refractivity contribution in [3.8, 4) is 0 Å². The van der Waals surface area contributed by atoms with Gasteiger partial charge in [0.1, 0.15) is 0 Å². The molecule has 4 atom stereocenters. The zero-order chi connectivity index (χ0) is 12.6. The van der Waals surface area contributed by atoms with Crippen molar-refractivity contribution in [2.45, 2.75) is 59.3 Å². The third kappa shape index (κ3) is 2.51. The van der Waals surface area contributed by atoms with E-state index in [1.54, 1.807) is 0 Å². The number of carboxylic acids is 1. The van der Waals surface area contributed by atoms with E-state index in [0.29, 0.717) is 29.6 Å². The Morgan fingerprint density at radius 3 is 2.65 bits per heavy atom. The third-order valence-electron chi connectivity index (χ3n) is 5.50. The second-order valence-corrected chi connectivity index (χ2v) is 6.97. The number of fused-ring (bicyclic) bond motifs is 1. The Labute approximate surface area is 105 Å². The smallest absolute Gasteiger partial charge is 0.303 e. The Morgan fingerprint density at radius 1 is 1.29 bits per heavy atom. The first kappa shape index (κ1) is 12.9. The molecular formula is C15H26O2. The maximum absolute atomic E-state index is 11.0. The van der Waals surface area contributed by atoms with Crippen LogP contribution in [0, 0.1) is 29.1 Å². The summed E-state index contributed by atoms with van der Waals surface area (Å²) < 4.78 is 0. The number of hydrogen-bond donors (Lipinski definition) is 1. The van der Waals surface area contributed by atoms with Gasteiger partial charge in [-0.1, -0.05) is 33.6 Å². The number of carboxylic acid groups (broad SMARTS) is 1. The van der Waals surface area contributed by atoms with Crippen LogP contribution in [0.4, 0.5) is 0 Å². The molecule has 2 nitrogen and oxygen atoms in total. The van der Waals surface area contributed by atoms with Gasteiger partial charge in [-0.3, -0.25) is 4.79 Å². The minimum absolute atomic E-state index is 0.387. The molecule has 2 heteroatoms. The van der Waals surface area contributed by atoms with Gasteiger partial charge in [-0.2, -0.15) is 0 Å². The van der Waals surface area contributed by atoms with E-state index in [-0.39, 0.29) is 0 Å². The van der Waals surface area contributed by atoms with Crippen molar-refractivity contribution in [1.82, 2.24) is 0 Å².